The predicted octanol–water partition coefficient (Wildman–Crippen LogP) is 2.60. The van der Waals surface area contributed by atoms with Gasteiger partial charge in [-0.05, 0) is 38.4 Å². The fraction of sp³-hybridized carbons (Fsp3) is 0.600. The lowest BCUT2D eigenvalue weighted by molar-refractivity contribution is -0.0632. The number of nitrogens with one attached hydrogen (secondary N) is 1. The normalized spacial score (nSPS) is 25.7. The predicted molar refractivity (Wildman–Crippen MR) is 73.0 cm³/mol. The lowest BCUT2D eigenvalue weighted by Gasteiger charge is -2.42. The monoisotopic (exact) mass is 249 g/mol. The van der Waals surface area contributed by atoms with Crippen LogP contribution in [-0.2, 0) is 0 Å². The molecular formula is C15H23NO2. The van der Waals surface area contributed by atoms with Gasteiger partial charge in [0.25, 0.3) is 0 Å². The Hall–Kier alpha value is -1.06. The van der Waals surface area contributed by atoms with E-state index in [0.717, 1.165) is 11.3 Å². The number of hydrogen-bond donors (Lipinski definition) is 2. The van der Waals surface area contributed by atoms with Crippen LogP contribution in [0.4, 0.5) is 0 Å². The number of fused-ring (bicyclic) bond motifs is 1. The second-order valence-electron chi connectivity index (χ2n) is 5.87. The molecule has 3 nitrogen and oxygen atoms in total. The van der Waals surface area contributed by atoms with Crippen molar-refractivity contribution in [1.82, 2.24) is 5.32 Å². The van der Waals surface area contributed by atoms with Crippen LogP contribution in [-0.4, -0.2) is 23.9 Å². The molecule has 0 saturated carbocycles. The molecule has 2 N–H and O–H groups in total. The molecule has 0 unspecified atom stereocenters. The number of rotatable bonds is 2. The van der Waals surface area contributed by atoms with Crippen LogP contribution < -0.4 is 10.1 Å². The number of ether oxygens (including phenoxy) is 1. The van der Waals surface area contributed by atoms with E-state index >= 15 is 0 Å². The molecule has 0 amide bonds. The van der Waals surface area contributed by atoms with Crippen molar-refractivity contribution in [2.45, 2.75) is 51.4 Å². The maximum atomic E-state index is 10.4. The summed E-state index contributed by atoms with van der Waals surface area (Å²) in [7, 11) is 1.88. The lowest BCUT2D eigenvalue weighted by Crippen LogP contribution is -2.52. The molecule has 1 heterocycles. The van der Waals surface area contributed by atoms with Gasteiger partial charge in [0.1, 0.15) is 17.5 Å². The zero-order valence-electron chi connectivity index (χ0n) is 11.8. The van der Waals surface area contributed by atoms with Crippen molar-refractivity contribution in [3.63, 3.8) is 0 Å². The van der Waals surface area contributed by atoms with Gasteiger partial charge in [0, 0.05) is 5.56 Å². The average Bonchev–Trinajstić information content (AvgIpc) is 2.30. The summed E-state index contributed by atoms with van der Waals surface area (Å²) in [6.07, 6.45) is -0.558. The van der Waals surface area contributed by atoms with E-state index in [2.05, 4.69) is 31.3 Å². The van der Waals surface area contributed by atoms with Gasteiger partial charge in [-0.25, -0.2) is 0 Å². The molecule has 100 valence electrons. The summed E-state index contributed by atoms with van der Waals surface area (Å²) in [6, 6.07) is 6.18. The molecule has 0 spiro atoms. The average molecular weight is 249 g/mol. The number of hydrogen-bond acceptors (Lipinski definition) is 3. The van der Waals surface area contributed by atoms with Crippen molar-refractivity contribution in [2.24, 2.45) is 0 Å². The van der Waals surface area contributed by atoms with Gasteiger partial charge in [0.05, 0.1) is 6.04 Å². The molecule has 0 aromatic heterocycles. The van der Waals surface area contributed by atoms with Crippen molar-refractivity contribution in [3.8, 4) is 5.75 Å². The number of aliphatic hydroxyl groups excluding tert-OH is 1. The van der Waals surface area contributed by atoms with Crippen LogP contribution in [0.25, 0.3) is 0 Å². The summed E-state index contributed by atoms with van der Waals surface area (Å²) in [6.45, 7) is 8.17. The van der Waals surface area contributed by atoms with Gasteiger partial charge in [-0.1, -0.05) is 26.0 Å². The van der Waals surface area contributed by atoms with E-state index in [1.165, 1.54) is 5.56 Å². The molecule has 1 aliphatic heterocycles. The van der Waals surface area contributed by atoms with E-state index < -0.39 is 11.7 Å². The summed E-state index contributed by atoms with van der Waals surface area (Å²) < 4.78 is 5.91. The second-order valence-corrected chi connectivity index (χ2v) is 5.87. The summed E-state index contributed by atoms with van der Waals surface area (Å²) in [4.78, 5) is 0. The third-order valence-electron chi connectivity index (χ3n) is 3.75. The fourth-order valence-electron chi connectivity index (χ4n) is 2.49. The molecule has 0 fully saturated rings. The maximum Gasteiger partial charge on any atom is 0.131 e. The van der Waals surface area contributed by atoms with E-state index in [1.807, 2.05) is 27.0 Å². The highest BCUT2D eigenvalue weighted by atomic mass is 16.5. The number of aliphatic hydroxyl groups is 1. The van der Waals surface area contributed by atoms with Gasteiger partial charge in [0.15, 0.2) is 0 Å². The zero-order valence-corrected chi connectivity index (χ0v) is 11.8. The van der Waals surface area contributed by atoms with Crippen LogP contribution in [0.3, 0.4) is 0 Å². The molecule has 0 bridgehead atoms. The number of benzene rings is 1. The third-order valence-corrected chi connectivity index (χ3v) is 3.75. The van der Waals surface area contributed by atoms with Crippen LogP contribution in [0.1, 0.15) is 50.8 Å². The Morgan fingerprint density at radius 2 is 2.00 bits per heavy atom. The zero-order chi connectivity index (χ0) is 13.5. The smallest absolute Gasteiger partial charge is 0.131 e. The first kappa shape index (κ1) is 13.4. The largest absolute Gasteiger partial charge is 0.485 e. The first-order chi connectivity index (χ1) is 8.36. The van der Waals surface area contributed by atoms with Crippen molar-refractivity contribution in [3.05, 3.63) is 29.3 Å². The Morgan fingerprint density at radius 1 is 1.33 bits per heavy atom. The van der Waals surface area contributed by atoms with E-state index in [4.69, 9.17) is 4.74 Å². The maximum absolute atomic E-state index is 10.4. The van der Waals surface area contributed by atoms with Crippen LogP contribution >= 0.6 is 0 Å². The summed E-state index contributed by atoms with van der Waals surface area (Å²) >= 11 is 0. The molecule has 0 saturated heterocycles. The Bertz CT molecular complexity index is 440. The van der Waals surface area contributed by atoms with Crippen molar-refractivity contribution >= 4 is 0 Å². The summed E-state index contributed by atoms with van der Waals surface area (Å²) in [5, 5.41) is 13.6. The van der Waals surface area contributed by atoms with Crippen molar-refractivity contribution in [2.75, 3.05) is 7.05 Å². The van der Waals surface area contributed by atoms with E-state index in [1.54, 1.807) is 0 Å². The Labute approximate surface area is 109 Å². The van der Waals surface area contributed by atoms with Gasteiger partial charge in [-0.15, -0.1) is 0 Å². The van der Waals surface area contributed by atoms with Crippen LogP contribution in [0.5, 0.6) is 5.75 Å². The fourth-order valence-corrected chi connectivity index (χ4v) is 2.49. The lowest BCUT2D eigenvalue weighted by atomic mass is 9.85. The van der Waals surface area contributed by atoms with Gasteiger partial charge < -0.3 is 15.2 Å². The van der Waals surface area contributed by atoms with E-state index in [9.17, 15) is 5.11 Å². The molecule has 1 aromatic rings. The summed E-state index contributed by atoms with van der Waals surface area (Å²) in [5.41, 5.74) is 1.75. The minimum atomic E-state index is -0.569. The first-order valence-corrected chi connectivity index (χ1v) is 6.55. The highest BCUT2D eigenvalue weighted by Crippen LogP contribution is 2.40. The van der Waals surface area contributed by atoms with Crippen molar-refractivity contribution in [1.29, 1.82) is 0 Å². The van der Waals surface area contributed by atoms with Gasteiger partial charge in [0.2, 0.25) is 0 Å². The van der Waals surface area contributed by atoms with Crippen molar-refractivity contribution < 1.29 is 9.84 Å². The molecule has 2 atom stereocenters. The SMILES string of the molecule is CN[C@H]1c2cc(C(C)C)ccc2OC(C)(C)[C@@H]1O. The molecular weight excluding hydrogens is 226 g/mol. The van der Waals surface area contributed by atoms with Crippen LogP contribution in [0.15, 0.2) is 18.2 Å². The highest BCUT2D eigenvalue weighted by Gasteiger charge is 2.42. The molecule has 3 heteroatoms. The molecule has 2 rings (SSSR count). The minimum Gasteiger partial charge on any atom is -0.485 e. The highest BCUT2D eigenvalue weighted by molar-refractivity contribution is 5.43. The Kier molecular flexibility index (Phi) is 3.39. The van der Waals surface area contributed by atoms with E-state index in [0.29, 0.717) is 5.92 Å². The topological polar surface area (TPSA) is 41.5 Å². The van der Waals surface area contributed by atoms with Crippen LogP contribution in [0, 0.1) is 0 Å². The van der Waals surface area contributed by atoms with Gasteiger partial charge in [-0.3, -0.25) is 0 Å². The first-order valence-electron chi connectivity index (χ1n) is 6.55. The van der Waals surface area contributed by atoms with E-state index in [-0.39, 0.29) is 6.04 Å². The molecule has 0 radical (unpaired) electrons. The third kappa shape index (κ3) is 2.13. The van der Waals surface area contributed by atoms with Gasteiger partial charge >= 0.3 is 0 Å². The second kappa shape index (κ2) is 4.56. The Balaban J connectivity index is 2.49. The Morgan fingerprint density at radius 3 is 2.56 bits per heavy atom. The molecule has 1 aliphatic rings. The van der Waals surface area contributed by atoms with Crippen LogP contribution in [0.2, 0.25) is 0 Å². The van der Waals surface area contributed by atoms with Gasteiger partial charge in [-0.2, -0.15) is 0 Å². The molecule has 0 aliphatic carbocycles. The standard InChI is InChI=1S/C15H23NO2/c1-9(2)10-6-7-12-11(8-10)13(16-5)14(17)15(3,4)18-12/h6-9,13-14,16-17H,1-5H3/t13-,14+/m0/s1. The number of likely N-dealkylation sites (N-methyl/N-ethyl adjacent to an activating group) is 1. The minimum absolute atomic E-state index is 0.0811. The molecule has 18 heavy (non-hydrogen) atoms. The summed E-state index contributed by atoms with van der Waals surface area (Å²) in [5.74, 6) is 1.34. The molecule has 1 aromatic carbocycles. The quantitative estimate of drug-likeness (QED) is 0.846.